The maximum absolute atomic E-state index is 12.7. The van der Waals surface area contributed by atoms with Crippen molar-refractivity contribution in [3.8, 4) is 11.1 Å². The van der Waals surface area contributed by atoms with Crippen LogP contribution in [-0.2, 0) is 11.8 Å². The topological polar surface area (TPSA) is 54.3 Å². The molecule has 0 N–H and O–H groups in total. The van der Waals surface area contributed by atoms with Crippen molar-refractivity contribution in [2.24, 2.45) is 7.05 Å². The van der Waals surface area contributed by atoms with Crippen LogP contribution < -0.4 is 0 Å². The van der Waals surface area contributed by atoms with Crippen molar-refractivity contribution in [2.45, 2.75) is 56.9 Å². The Morgan fingerprint density at radius 1 is 1.07 bits per heavy atom. The molecule has 0 spiro atoms. The Labute approximate surface area is 173 Å². The second-order valence-electron chi connectivity index (χ2n) is 8.72. The van der Waals surface area contributed by atoms with Gasteiger partial charge in [0, 0.05) is 55.3 Å². The number of aromatic nitrogens is 3. The molecule has 1 aliphatic heterocycles. The Bertz CT molecular complexity index is 801. The number of amides is 1. The summed E-state index contributed by atoms with van der Waals surface area (Å²) < 4.78 is 1.81. The molecule has 3 heterocycles. The van der Waals surface area contributed by atoms with Gasteiger partial charge in [0.05, 0.1) is 12.7 Å². The van der Waals surface area contributed by atoms with E-state index < -0.39 is 0 Å². The first kappa shape index (κ1) is 20.1. The minimum Gasteiger partial charge on any atom is -0.342 e. The highest BCUT2D eigenvalue weighted by atomic mass is 16.2. The number of likely N-dealkylation sites (tertiary alicyclic amines) is 1. The molecular weight excluding hydrogens is 362 g/mol. The van der Waals surface area contributed by atoms with Crippen LogP contribution in [-0.4, -0.2) is 63.2 Å². The van der Waals surface area contributed by atoms with Crippen molar-refractivity contribution in [3.05, 3.63) is 36.4 Å². The summed E-state index contributed by atoms with van der Waals surface area (Å²) in [7, 11) is 3.93. The van der Waals surface area contributed by atoms with Crippen LogP contribution in [0.1, 0.15) is 56.6 Å². The highest BCUT2D eigenvalue weighted by Gasteiger charge is 2.26. The van der Waals surface area contributed by atoms with Crippen LogP contribution in [0.25, 0.3) is 11.1 Å². The minimum atomic E-state index is 0.286. The summed E-state index contributed by atoms with van der Waals surface area (Å²) >= 11 is 0. The highest BCUT2D eigenvalue weighted by Crippen LogP contribution is 2.28. The van der Waals surface area contributed by atoms with E-state index in [2.05, 4.69) is 22.1 Å². The van der Waals surface area contributed by atoms with E-state index in [1.54, 1.807) is 0 Å². The number of hydrogen-bond donors (Lipinski definition) is 0. The van der Waals surface area contributed by atoms with Crippen molar-refractivity contribution in [3.63, 3.8) is 0 Å². The quantitative estimate of drug-likeness (QED) is 0.778. The fraction of sp³-hybridized carbons (Fsp3) is 0.609. The van der Waals surface area contributed by atoms with Gasteiger partial charge in [0.15, 0.2) is 0 Å². The summed E-state index contributed by atoms with van der Waals surface area (Å²) in [6.45, 7) is 2.51. The van der Waals surface area contributed by atoms with Crippen LogP contribution in [0.3, 0.4) is 0 Å². The second-order valence-corrected chi connectivity index (χ2v) is 8.72. The number of rotatable bonds is 5. The Kier molecular flexibility index (Phi) is 6.28. The molecule has 2 aromatic heterocycles. The van der Waals surface area contributed by atoms with Gasteiger partial charge < -0.3 is 4.90 Å². The maximum atomic E-state index is 12.7. The Hall–Kier alpha value is -2.21. The van der Waals surface area contributed by atoms with E-state index in [4.69, 9.17) is 4.98 Å². The van der Waals surface area contributed by atoms with E-state index in [-0.39, 0.29) is 5.91 Å². The molecule has 1 aliphatic carbocycles. The smallest absolute Gasteiger partial charge is 0.236 e. The molecule has 29 heavy (non-hydrogen) atoms. The van der Waals surface area contributed by atoms with Gasteiger partial charge >= 0.3 is 0 Å². The number of aryl methyl sites for hydroxylation is 1. The van der Waals surface area contributed by atoms with Gasteiger partial charge in [0.2, 0.25) is 5.91 Å². The predicted molar refractivity (Wildman–Crippen MR) is 114 cm³/mol. The van der Waals surface area contributed by atoms with Crippen molar-refractivity contribution in [1.29, 1.82) is 0 Å². The van der Waals surface area contributed by atoms with E-state index in [1.807, 2.05) is 42.3 Å². The molecule has 0 bridgehead atoms. The monoisotopic (exact) mass is 395 g/mol. The number of pyridine rings is 1. The van der Waals surface area contributed by atoms with Crippen LogP contribution in [0.2, 0.25) is 0 Å². The third kappa shape index (κ3) is 4.86. The summed E-state index contributed by atoms with van der Waals surface area (Å²) in [4.78, 5) is 21.8. The van der Waals surface area contributed by atoms with Gasteiger partial charge in [-0.05, 0) is 44.8 Å². The zero-order valence-electron chi connectivity index (χ0n) is 17.8. The largest absolute Gasteiger partial charge is 0.342 e. The Balaban J connectivity index is 1.27. The Morgan fingerprint density at radius 2 is 1.83 bits per heavy atom. The van der Waals surface area contributed by atoms with E-state index in [0.717, 1.165) is 37.1 Å². The SMILES string of the molecule is CN(C(=O)CN1CCC(c2ccc(-c3cnn(C)c3)cn2)CC1)C1CCCCC1. The van der Waals surface area contributed by atoms with Gasteiger partial charge in [-0.25, -0.2) is 0 Å². The zero-order chi connectivity index (χ0) is 20.2. The number of carbonyl (C=O) groups excluding carboxylic acids is 1. The van der Waals surface area contributed by atoms with Gasteiger partial charge in [0.25, 0.3) is 0 Å². The third-order valence-electron chi connectivity index (χ3n) is 6.71. The van der Waals surface area contributed by atoms with Crippen molar-refractivity contribution in [1.82, 2.24) is 24.6 Å². The van der Waals surface area contributed by atoms with Gasteiger partial charge in [-0.2, -0.15) is 5.10 Å². The van der Waals surface area contributed by atoms with Crippen LogP contribution >= 0.6 is 0 Å². The summed E-state index contributed by atoms with van der Waals surface area (Å²) in [5, 5.41) is 4.23. The third-order valence-corrected chi connectivity index (χ3v) is 6.71. The molecule has 0 radical (unpaired) electrons. The van der Waals surface area contributed by atoms with E-state index in [1.165, 1.54) is 37.8 Å². The van der Waals surface area contributed by atoms with Crippen LogP contribution in [0.4, 0.5) is 0 Å². The number of piperidine rings is 1. The molecule has 1 saturated heterocycles. The molecule has 1 saturated carbocycles. The standard InChI is InChI=1S/C23H33N5O/c1-26-16-20(15-25-26)19-8-9-22(24-14-19)18-10-12-28(13-11-18)17-23(29)27(2)21-6-4-3-5-7-21/h8-9,14-16,18,21H,3-7,10-13,17H2,1-2H3. The lowest BCUT2D eigenvalue weighted by molar-refractivity contribution is -0.134. The van der Waals surface area contributed by atoms with E-state index in [9.17, 15) is 4.79 Å². The fourth-order valence-corrected chi connectivity index (χ4v) is 4.75. The first-order valence-electron chi connectivity index (χ1n) is 11.0. The average Bonchev–Trinajstić information content (AvgIpc) is 3.21. The normalized spacial score (nSPS) is 19.4. The molecule has 4 rings (SSSR count). The number of nitrogens with zero attached hydrogens (tertiary/aromatic N) is 5. The van der Waals surface area contributed by atoms with Crippen LogP contribution in [0.15, 0.2) is 30.7 Å². The van der Waals surface area contributed by atoms with Gasteiger partial charge in [0.1, 0.15) is 0 Å². The van der Waals surface area contributed by atoms with E-state index >= 15 is 0 Å². The molecular formula is C23H33N5O. The molecule has 2 aliphatic rings. The molecule has 1 amide bonds. The lowest BCUT2D eigenvalue weighted by atomic mass is 9.92. The first-order valence-corrected chi connectivity index (χ1v) is 11.0. The first-order chi connectivity index (χ1) is 14.1. The predicted octanol–water partition coefficient (Wildman–Crippen LogP) is 3.45. The fourth-order valence-electron chi connectivity index (χ4n) is 4.75. The second kappa shape index (κ2) is 9.08. The summed E-state index contributed by atoms with van der Waals surface area (Å²) in [6.07, 6.45) is 14.2. The van der Waals surface area contributed by atoms with Crippen LogP contribution in [0, 0.1) is 0 Å². The van der Waals surface area contributed by atoms with Crippen LogP contribution in [0.5, 0.6) is 0 Å². The van der Waals surface area contributed by atoms with Gasteiger partial charge in [-0.3, -0.25) is 19.4 Å². The summed E-state index contributed by atoms with van der Waals surface area (Å²) in [5.41, 5.74) is 3.38. The van der Waals surface area contributed by atoms with Gasteiger partial charge in [-0.15, -0.1) is 0 Å². The molecule has 156 valence electrons. The van der Waals surface area contributed by atoms with Gasteiger partial charge in [-0.1, -0.05) is 25.3 Å². The summed E-state index contributed by atoms with van der Waals surface area (Å²) in [6, 6.07) is 4.76. The number of carbonyl (C=O) groups is 1. The highest BCUT2D eigenvalue weighted by molar-refractivity contribution is 5.78. The van der Waals surface area contributed by atoms with Crippen molar-refractivity contribution >= 4 is 5.91 Å². The van der Waals surface area contributed by atoms with E-state index in [0.29, 0.717) is 18.5 Å². The number of likely N-dealkylation sites (N-methyl/N-ethyl adjacent to an activating group) is 1. The molecule has 0 unspecified atom stereocenters. The maximum Gasteiger partial charge on any atom is 0.236 e. The average molecular weight is 396 g/mol. The zero-order valence-corrected chi connectivity index (χ0v) is 17.8. The molecule has 6 nitrogen and oxygen atoms in total. The lowest BCUT2D eigenvalue weighted by Crippen LogP contribution is -2.45. The van der Waals surface area contributed by atoms with Crippen molar-refractivity contribution < 1.29 is 4.79 Å². The lowest BCUT2D eigenvalue weighted by Gasteiger charge is -2.35. The minimum absolute atomic E-state index is 0.286. The number of hydrogen-bond acceptors (Lipinski definition) is 4. The molecule has 2 aromatic rings. The summed E-state index contributed by atoms with van der Waals surface area (Å²) in [5.74, 6) is 0.773. The molecule has 6 heteroatoms. The van der Waals surface area contributed by atoms with Crippen molar-refractivity contribution in [2.75, 3.05) is 26.7 Å². The Morgan fingerprint density at radius 3 is 2.45 bits per heavy atom. The molecule has 0 atom stereocenters. The molecule has 0 aromatic carbocycles. The molecule has 2 fully saturated rings.